The second kappa shape index (κ2) is 9.35. The maximum atomic E-state index is 13.3. The van der Waals surface area contributed by atoms with Crippen LogP contribution in [0.4, 0.5) is 5.13 Å². The lowest BCUT2D eigenvalue weighted by Crippen LogP contribution is -2.31. The summed E-state index contributed by atoms with van der Waals surface area (Å²) in [6, 6.07) is 12.4. The van der Waals surface area contributed by atoms with Gasteiger partial charge >= 0.3 is 5.97 Å². The van der Waals surface area contributed by atoms with Crippen molar-refractivity contribution in [2.45, 2.75) is 20.4 Å². The lowest BCUT2D eigenvalue weighted by atomic mass is 10.2. The zero-order chi connectivity index (χ0) is 21.0. The Hall–Kier alpha value is -2.48. The van der Waals surface area contributed by atoms with Gasteiger partial charge in [0.2, 0.25) is 0 Å². The Kier molecular flexibility index (Phi) is 6.84. The topological polar surface area (TPSA) is 72.4 Å². The molecule has 0 unspecified atom stereocenters. The Labute approximate surface area is 182 Å². The van der Waals surface area contributed by atoms with Crippen molar-refractivity contribution in [3.05, 3.63) is 74.5 Å². The normalized spacial score (nSPS) is 10.6. The molecule has 29 heavy (non-hydrogen) atoms. The smallest absolute Gasteiger partial charge is 0.350 e. The van der Waals surface area contributed by atoms with Gasteiger partial charge in [-0.25, -0.2) is 14.8 Å². The molecule has 6 nitrogen and oxygen atoms in total. The van der Waals surface area contributed by atoms with Gasteiger partial charge in [0.05, 0.1) is 23.9 Å². The minimum atomic E-state index is -0.472. The van der Waals surface area contributed by atoms with Crippen LogP contribution >= 0.6 is 34.5 Å². The number of benzene rings is 1. The summed E-state index contributed by atoms with van der Waals surface area (Å²) in [5, 5.41) is 0.675. The molecule has 0 N–H and O–H groups in total. The molecule has 3 aromatic rings. The number of esters is 1. The number of nitrogens with zero attached hydrogens (tertiary/aromatic N) is 3. The molecule has 0 saturated carbocycles. The van der Waals surface area contributed by atoms with Crippen LogP contribution in [-0.2, 0) is 11.3 Å². The van der Waals surface area contributed by atoms with E-state index in [2.05, 4.69) is 9.97 Å². The van der Waals surface area contributed by atoms with Gasteiger partial charge in [-0.1, -0.05) is 64.9 Å². The molecule has 0 aliphatic heterocycles. The summed E-state index contributed by atoms with van der Waals surface area (Å²) in [5.41, 5.74) is 1.38. The van der Waals surface area contributed by atoms with Crippen molar-refractivity contribution in [3.8, 4) is 0 Å². The molecule has 0 saturated heterocycles. The van der Waals surface area contributed by atoms with Crippen molar-refractivity contribution in [1.29, 1.82) is 0 Å². The number of aromatic nitrogens is 2. The standard InChI is InChI=1S/C20H17Cl2N3O3S/c1-3-28-19(27)17-12(2)23-20(29-17)25(11-13-7-5-4-6-8-13)18(26)16-14(21)9-10-15(22)24-16/h4-10H,3,11H2,1-2H3. The Morgan fingerprint density at radius 2 is 1.83 bits per heavy atom. The SMILES string of the molecule is CCOC(=O)c1sc(N(Cc2ccccc2)C(=O)c2nc(Cl)ccc2Cl)nc1C. The van der Waals surface area contributed by atoms with E-state index in [0.717, 1.165) is 16.9 Å². The maximum Gasteiger partial charge on any atom is 0.350 e. The van der Waals surface area contributed by atoms with E-state index in [9.17, 15) is 9.59 Å². The lowest BCUT2D eigenvalue weighted by Gasteiger charge is -2.20. The number of anilines is 1. The van der Waals surface area contributed by atoms with Crippen LogP contribution in [0.3, 0.4) is 0 Å². The highest BCUT2D eigenvalue weighted by atomic mass is 35.5. The third-order valence-electron chi connectivity index (χ3n) is 3.92. The van der Waals surface area contributed by atoms with Gasteiger partial charge in [-0.15, -0.1) is 0 Å². The Bertz CT molecular complexity index is 1040. The molecule has 0 bridgehead atoms. The van der Waals surface area contributed by atoms with E-state index >= 15 is 0 Å². The fourth-order valence-electron chi connectivity index (χ4n) is 2.57. The highest BCUT2D eigenvalue weighted by Crippen LogP contribution is 2.30. The summed E-state index contributed by atoms with van der Waals surface area (Å²) >= 11 is 13.2. The zero-order valence-electron chi connectivity index (χ0n) is 15.7. The van der Waals surface area contributed by atoms with Crippen LogP contribution in [0.2, 0.25) is 10.2 Å². The number of amides is 1. The second-order valence-electron chi connectivity index (χ2n) is 5.97. The van der Waals surface area contributed by atoms with Crippen LogP contribution in [0.5, 0.6) is 0 Å². The Balaban J connectivity index is 2.04. The lowest BCUT2D eigenvalue weighted by molar-refractivity contribution is 0.0531. The molecule has 150 valence electrons. The Morgan fingerprint density at radius 1 is 1.10 bits per heavy atom. The molecular weight excluding hydrogens is 433 g/mol. The monoisotopic (exact) mass is 449 g/mol. The molecule has 0 aliphatic carbocycles. The van der Waals surface area contributed by atoms with Gasteiger partial charge in [0, 0.05) is 0 Å². The van der Waals surface area contributed by atoms with E-state index in [0.29, 0.717) is 15.7 Å². The van der Waals surface area contributed by atoms with Crippen molar-refractivity contribution < 1.29 is 14.3 Å². The van der Waals surface area contributed by atoms with Gasteiger partial charge in [0.1, 0.15) is 15.7 Å². The van der Waals surface area contributed by atoms with Crippen molar-refractivity contribution in [1.82, 2.24) is 9.97 Å². The van der Waals surface area contributed by atoms with Crippen LogP contribution in [0.15, 0.2) is 42.5 Å². The minimum Gasteiger partial charge on any atom is -0.462 e. The Morgan fingerprint density at radius 3 is 2.52 bits per heavy atom. The van der Waals surface area contributed by atoms with E-state index in [1.54, 1.807) is 13.8 Å². The van der Waals surface area contributed by atoms with E-state index < -0.39 is 11.9 Å². The van der Waals surface area contributed by atoms with Crippen LogP contribution in [-0.4, -0.2) is 28.5 Å². The van der Waals surface area contributed by atoms with Crippen molar-refractivity contribution in [3.63, 3.8) is 0 Å². The van der Waals surface area contributed by atoms with Gasteiger partial charge in [-0.2, -0.15) is 0 Å². The average Bonchev–Trinajstić information content (AvgIpc) is 3.10. The maximum absolute atomic E-state index is 13.3. The van der Waals surface area contributed by atoms with Crippen molar-refractivity contribution in [2.24, 2.45) is 0 Å². The molecule has 9 heteroatoms. The van der Waals surface area contributed by atoms with Crippen LogP contribution < -0.4 is 4.90 Å². The van der Waals surface area contributed by atoms with Gasteiger partial charge < -0.3 is 4.74 Å². The van der Waals surface area contributed by atoms with E-state index in [4.69, 9.17) is 27.9 Å². The molecule has 2 aromatic heterocycles. The van der Waals surface area contributed by atoms with E-state index in [1.807, 2.05) is 30.3 Å². The number of halogens is 2. The number of rotatable bonds is 6. The van der Waals surface area contributed by atoms with Gasteiger partial charge in [-0.05, 0) is 31.5 Å². The summed E-state index contributed by atoms with van der Waals surface area (Å²) in [6.45, 7) is 3.90. The fraction of sp³-hybridized carbons (Fsp3) is 0.200. The van der Waals surface area contributed by atoms with Crippen molar-refractivity contribution >= 4 is 51.5 Å². The minimum absolute atomic E-state index is 0.0145. The molecule has 0 aliphatic rings. The molecule has 0 atom stereocenters. The number of hydrogen-bond acceptors (Lipinski definition) is 6. The highest BCUT2D eigenvalue weighted by Gasteiger charge is 2.27. The summed E-state index contributed by atoms with van der Waals surface area (Å²) < 4.78 is 5.08. The molecule has 3 rings (SSSR count). The first-order valence-electron chi connectivity index (χ1n) is 8.73. The number of pyridine rings is 1. The zero-order valence-corrected chi connectivity index (χ0v) is 18.0. The predicted octanol–water partition coefficient (Wildman–Crippen LogP) is 5.18. The van der Waals surface area contributed by atoms with E-state index in [1.165, 1.54) is 17.0 Å². The predicted molar refractivity (Wildman–Crippen MR) is 114 cm³/mol. The average molecular weight is 450 g/mol. The van der Waals surface area contributed by atoms with Gasteiger partial charge in [0.15, 0.2) is 5.13 Å². The number of carbonyl (C=O) groups is 2. The molecular formula is C20H17Cl2N3O3S. The second-order valence-corrected chi connectivity index (χ2v) is 7.74. The number of thiazole rings is 1. The first kappa shape index (κ1) is 21.2. The molecule has 1 aromatic carbocycles. The number of aryl methyl sites for hydroxylation is 1. The molecule has 2 heterocycles. The third kappa shape index (κ3) is 4.93. The largest absolute Gasteiger partial charge is 0.462 e. The summed E-state index contributed by atoms with van der Waals surface area (Å²) in [5.74, 6) is -0.940. The van der Waals surface area contributed by atoms with Gasteiger partial charge in [-0.3, -0.25) is 9.69 Å². The summed E-state index contributed by atoms with van der Waals surface area (Å²) in [7, 11) is 0. The quantitative estimate of drug-likeness (QED) is 0.382. The number of ether oxygens (including phenoxy) is 1. The molecule has 1 amide bonds. The number of hydrogen-bond donors (Lipinski definition) is 0. The summed E-state index contributed by atoms with van der Waals surface area (Å²) in [4.78, 5) is 35.8. The molecule has 0 fully saturated rings. The van der Waals surface area contributed by atoms with E-state index in [-0.39, 0.29) is 29.0 Å². The molecule has 0 spiro atoms. The molecule has 0 radical (unpaired) electrons. The van der Waals surface area contributed by atoms with Gasteiger partial charge in [0.25, 0.3) is 5.91 Å². The van der Waals surface area contributed by atoms with Crippen LogP contribution in [0.25, 0.3) is 0 Å². The first-order valence-corrected chi connectivity index (χ1v) is 10.3. The fourth-order valence-corrected chi connectivity index (χ4v) is 3.86. The third-order valence-corrected chi connectivity index (χ3v) is 5.60. The van der Waals surface area contributed by atoms with Crippen LogP contribution in [0, 0.1) is 6.92 Å². The number of carbonyl (C=O) groups excluding carboxylic acids is 2. The van der Waals surface area contributed by atoms with Crippen molar-refractivity contribution in [2.75, 3.05) is 11.5 Å². The summed E-state index contributed by atoms with van der Waals surface area (Å²) in [6.07, 6.45) is 0. The van der Waals surface area contributed by atoms with Crippen LogP contribution in [0.1, 0.15) is 38.3 Å². The highest BCUT2D eigenvalue weighted by molar-refractivity contribution is 7.17. The first-order chi connectivity index (χ1) is 13.9.